The molecule has 0 radical (unpaired) electrons. The second-order valence-electron chi connectivity index (χ2n) is 12.1. The van der Waals surface area contributed by atoms with Crippen LogP contribution in [0, 0.1) is 13.8 Å². The minimum Gasteiger partial charge on any atom is -0.0579 e. The quantitative estimate of drug-likeness (QED) is 0.376. The van der Waals surface area contributed by atoms with Crippen molar-refractivity contribution in [2.24, 2.45) is 0 Å². The van der Waals surface area contributed by atoms with E-state index < -0.39 is 0 Å². The van der Waals surface area contributed by atoms with Crippen molar-refractivity contribution in [2.75, 3.05) is 0 Å². The van der Waals surface area contributed by atoms with Crippen LogP contribution in [0.25, 0.3) is 22.3 Å². The van der Waals surface area contributed by atoms with E-state index in [1.54, 1.807) is 0 Å². The fraction of sp³-hybridized carbons (Fsp3) is 0.419. The van der Waals surface area contributed by atoms with E-state index in [4.69, 9.17) is 0 Å². The van der Waals surface area contributed by atoms with Crippen molar-refractivity contribution in [3.05, 3.63) is 81.9 Å². The molecule has 0 unspecified atom stereocenters. The highest BCUT2D eigenvalue weighted by molar-refractivity contribution is 5.84. The fourth-order valence-corrected chi connectivity index (χ4v) is 5.31. The molecule has 1 aliphatic carbocycles. The van der Waals surface area contributed by atoms with Crippen LogP contribution in [0.5, 0.6) is 0 Å². The molecule has 31 heavy (non-hydrogen) atoms. The van der Waals surface area contributed by atoms with Crippen molar-refractivity contribution >= 4 is 0 Å². The lowest BCUT2D eigenvalue weighted by Gasteiger charge is -2.26. The summed E-state index contributed by atoms with van der Waals surface area (Å²) >= 11 is 0. The molecule has 0 N–H and O–H groups in total. The van der Waals surface area contributed by atoms with Crippen molar-refractivity contribution in [1.29, 1.82) is 0 Å². The van der Waals surface area contributed by atoms with Gasteiger partial charge in [0.15, 0.2) is 0 Å². The predicted molar refractivity (Wildman–Crippen MR) is 136 cm³/mol. The Labute approximate surface area is 189 Å². The maximum atomic E-state index is 2.45. The summed E-state index contributed by atoms with van der Waals surface area (Å²) in [5.41, 5.74) is 14.3. The lowest BCUT2D eigenvalue weighted by Crippen LogP contribution is -2.17. The van der Waals surface area contributed by atoms with Crippen LogP contribution in [0.15, 0.2) is 48.5 Å². The van der Waals surface area contributed by atoms with Gasteiger partial charge in [-0.25, -0.2) is 0 Å². The number of aryl methyl sites for hydroxylation is 2. The summed E-state index contributed by atoms with van der Waals surface area (Å²) in [6.45, 7) is 23.1. The third-order valence-electron chi connectivity index (χ3n) is 7.23. The highest BCUT2D eigenvalue weighted by atomic mass is 14.4. The standard InChI is InChI=1S/C31H38/c1-19-16-26(30(6,7)8)20(2)15-25(19)21-11-13-23-24-14-12-22(29(3,4)5)18-28(24)31(9,10)27(23)17-21/h11-18H,1-10H3. The van der Waals surface area contributed by atoms with E-state index >= 15 is 0 Å². The molecule has 0 heterocycles. The Morgan fingerprint density at radius 3 is 1.74 bits per heavy atom. The van der Waals surface area contributed by atoms with Gasteiger partial charge in [0, 0.05) is 5.41 Å². The van der Waals surface area contributed by atoms with Gasteiger partial charge in [-0.2, -0.15) is 0 Å². The summed E-state index contributed by atoms with van der Waals surface area (Å²) in [6.07, 6.45) is 0. The monoisotopic (exact) mass is 410 g/mol. The molecular weight excluding hydrogens is 372 g/mol. The molecule has 0 amide bonds. The molecule has 162 valence electrons. The smallest absolute Gasteiger partial charge is 0.0159 e. The van der Waals surface area contributed by atoms with Crippen LogP contribution in [0.4, 0.5) is 0 Å². The minimum atomic E-state index is 0.0102. The number of hydrogen-bond donors (Lipinski definition) is 0. The fourth-order valence-electron chi connectivity index (χ4n) is 5.31. The Kier molecular flexibility index (Phi) is 4.82. The van der Waals surface area contributed by atoms with Gasteiger partial charge >= 0.3 is 0 Å². The Hall–Kier alpha value is -2.34. The molecule has 4 rings (SSSR count). The molecule has 0 atom stereocenters. The summed E-state index contributed by atoms with van der Waals surface area (Å²) in [5.74, 6) is 0. The van der Waals surface area contributed by atoms with Crippen LogP contribution in [0.3, 0.4) is 0 Å². The van der Waals surface area contributed by atoms with E-state index in [1.807, 2.05) is 0 Å². The van der Waals surface area contributed by atoms with Gasteiger partial charge in [-0.05, 0) is 86.4 Å². The topological polar surface area (TPSA) is 0 Å². The molecule has 0 fully saturated rings. The molecule has 0 saturated carbocycles. The van der Waals surface area contributed by atoms with E-state index in [2.05, 4.69) is 118 Å². The van der Waals surface area contributed by atoms with Gasteiger partial charge < -0.3 is 0 Å². The van der Waals surface area contributed by atoms with Crippen molar-refractivity contribution in [1.82, 2.24) is 0 Å². The molecule has 0 bridgehead atoms. The Morgan fingerprint density at radius 2 is 1.16 bits per heavy atom. The Morgan fingerprint density at radius 1 is 0.581 bits per heavy atom. The van der Waals surface area contributed by atoms with Gasteiger partial charge in [-0.15, -0.1) is 0 Å². The molecule has 0 spiro atoms. The highest BCUT2D eigenvalue weighted by Gasteiger charge is 2.36. The molecule has 0 aliphatic heterocycles. The van der Waals surface area contributed by atoms with Gasteiger partial charge in [-0.1, -0.05) is 97.9 Å². The second-order valence-corrected chi connectivity index (χ2v) is 12.1. The van der Waals surface area contributed by atoms with Crippen LogP contribution < -0.4 is 0 Å². The summed E-state index contributed by atoms with van der Waals surface area (Å²) in [4.78, 5) is 0. The van der Waals surface area contributed by atoms with E-state index in [0.29, 0.717) is 0 Å². The van der Waals surface area contributed by atoms with Crippen LogP contribution in [-0.4, -0.2) is 0 Å². The molecule has 3 aromatic carbocycles. The lowest BCUT2D eigenvalue weighted by molar-refractivity contribution is 0.584. The first kappa shape index (κ1) is 21.9. The average Bonchev–Trinajstić information content (AvgIpc) is 2.88. The third kappa shape index (κ3) is 3.55. The SMILES string of the molecule is Cc1cc(C(C)(C)C)c(C)cc1-c1ccc2c(c1)C(C)(C)c1cc(C(C)(C)C)ccc1-2. The summed E-state index contributed by atoms with van der Waals surface area (Å²) in [6, 6.07) is 19.0. The van der Waals surface area contributed by atoms with E-state index in [1.165, 1.54) is 55.6 Å². The van der Waals surface area contributed by atoms with Gasteiger partial charge in [0.1, 0.15) is 0 Å². The zero-order valence-electron chi connectivity index (χ0n) is 21.1. The summed E-state index contributed by atoms with van der Waals surface area (Å²) < 4.78 is 0. The first-order valence-electron chi connectivity index (χ1n) is 11.6. The number of fused-ring (bicyclic) bond motifs is 3. The molecular formula is C31H38. The van der Waals surface area contributed by atoms with Crippen molar-refractivity contribution in [2.45, 2.75) is 85.5 Å². The largest absolute Gasteiger partial charge is 0.0579 e. The molecule has 0 aromatic heterocycles. The van der Waals surface area contributed by atoms with Crippen molar-refractivity contribution in [3.63, 3.8) is 0 Å². The van der Waals surface area contributed by atoms with Crippen molar-refractivity contribution < 1.29 is 0 Å². The molecule has 1 aliphatic rings. The van der Waals surface area contributed by atoms with E-state index in [0.717, 1.165) is 0 Å². The predicted octanol–water partition coefficient (Wildman–Crippen LogP) is 8.87. The highest BCUT2D eigenvalue weighted by Crippen LogP contribution is 2.50. The molecule has 0 saturated heterocycles. The number of rotatable bonds is 1. The van der Waals surface area contributed by atoms with Crippen LogP contribution in [0.2, 0.25) is 0 Å². The third-order valence-corrected chi connectivity index (χ3v) is 7.23. The van der Waals surface area contributed by atoms with Crippen molar-refractivity contribution in [3.8, 4) is 22.3 Å². The molecule has 0 heteroatoms. The summed E-state index contributed by atoms with van der Waals surface area (Å²) in [7, 11) is 0. The minimum absolute atomic E-state index is 0.0102. The van der Waals surface area contributed by atoms with Gasteiger partial charge in [-0.3, -0.25) is 0 Å². The zero-order chi connectivity index (χ0) is 22.9. The van der Waals surface area contributed by atoms with Crippen LogP contribution in [0.1, 0.15) is 88.8 Å². The van der Waals surface area contributed by atoms with Gasteiger partial charge in [0.05, 0.1) is 0 Å². The number of benzene rings is 3. The van der Waals surface area contributed by atoms with Crippen LogP contribution in [-0.2, 0) is 16.2 Å². The molecule has 3 aromatic rings. The Bertz CT molecular complexity index is 1170. The average molecular weight is 411 g/mol. The van der Waals surface area contributed by atoms with E-state index in [-0.39, 0.29) is 16.2 Å². The molecule has 0 nitrogen and oxygen atoms in total. The maximum Gasteiger partial charge on any atom is 0.0159 e. The first-order valence-corrected chi connectivity index (χ1v) is 11.6. The lowest BCUT2D eigenvalue weighted by atomic mass is 9.78. The normalized spacial score (nSPS) is 15.0. The maximum absolute atomic E-state index is 2.45. The van der Waals surface area contributed by atoms with Gasteiger partial charge in [0.2, 0.25) is 0 Å². The second kappa shape index (κ2) is 6.83. The summed E-state index contributed by atoms with van der Waals surface area (Å²) in [5, 5.41) is 0. The van der Waals surface area contributed by atoms with Gasteiger partial charge in [0.25, 0.3) is 0 Å². The number of hydrogen-bond acceptors (Lipinski definition) is 0. The zero-order valence-corrected chi connectivity index (χ0v) is 21.1. The Balaban J connectivity index is 1.85. The first-order chi connectivity index (χ1) is 14.2. The van der Waals surface area contributed by atoms with E-state index in [9.17, 15) is 0 Å². The van der Waals surface area contributed by atoms with Crippen LogP contribution >= 0.6 is 0 Å².